The van der Waals surface area contributed by atoms with Gasteiger partial charge in [-0.1, -0.05) is 0 Å². The molecule has 11 heavy (non-hydrogen) atoms. The summed E-state index contributed by atoms with van der Waals surface area (Å²) in [5.74, 6) is 0.994. The monoisotopic (exact) mass is 174 g/mol. The maximum Gasteiger partial charge on any atom is 0.0218 e. The maximum atomic E-state index is 5.64. The summed E-state index contributed by atoms with van der Waals surface area (Å²) >= 11 is 4.19. The highest BCUT2D eigenvalue weighted by molar-refractivity contribution is 7.80. The number of thiol groups is 1. The fourth-order valence-corrected chi connectivity index (χ4v) is 1.87. The Hall–Kier alpha value is 0.270. The van der Waals surface area contributed by atoms with Crippen molar-refractivity contribution >= 4 is 12.6 Å². The van der Waals surface area contributed by atoms with Crippen molar-refractivity contribution in [2.75, 3.05) is 25.4 Å². The normalized spacial score (nSPS) is 26.2. The van der Waals surface area contributed by atoms with Gasteiger partial charge in [0, 0.05) is 12.6 Å². The second-order valence-corrected chi connectivity index (χ2v) is 3.59. The molecule has 1 aliphatic rings. The van der Waals surface area contributed by atoms with E-state index >= 15 is 0 Å². The molecule has 1 fully saturated rings. The Labute approximate surface area is 74.5 Å². The summed E-state index contributed by atoms with van der Waals surface area (Å²) in [5, 5.41) is 0. The van der Waals surface area contributed by atoms with Crippen molar-refractivity contribution in [1.29, 1.82) is 0 Å². The molecule has 0 aliphatic carbocycles. The van der Waals surface area contributed by atoms with Gasteiger partial charge in [0.15, 0.2) is 0 Å². The number of nitrogens with two attached hydrogens (primary N) is 1. The molecule has 1 unspecified atom stereocenters. The number of nitrogens with zero attached hydrogens (tertiary/aromatic N) is 1. The van der Waals surface area contributed by atoms with Crippen LogP contribution in [0.2, 0.25) is 0 Å². The minimum atomic E-state index is 0.662. The van der Waals surface area contributed by atoms with Crippen LogP contribution in [-0.2, 0) is 0 Å². The SMILES string of the molecule is NCC1CCCN1CCCS. The molecule has 1 rings (SSSR count). The molecule has 0 bridgehead atoms. The van der Waals surface area contributed by atoms with Crippen LogP contribution in [0.4, 0.5) is 0 Å². The summed E-state index contributed by atoms with van der Waals surface area (Å²) in [5.41, 5.74) is 5.64. The molecule has 1 heterocycles. The zero-order valence-electron chi connectivity index (χ0n) is 7.00. The van der Waals surface area contributed by atoms with Crippen LogP contribution in [0.15, 0.2) is 0 Å². The summed E-state index contributed by atoms with van der Waals surface area (Å²) in [7, 11) is 0. The second kappa shape index (κ2) is 5.01. The summed E-state index contributed by atoms with van der Waals surface area (Å²) < 4.78 is 0. The van der Waals surface area contributed by atoms with E-state index in [4.69, 9.17) is 5.73 Å². The van der Waals surface area contributed by atoms with Crippen LogP contribution in [0.25, 0.3) is 0 Å². The van der Waals surface area contributed by atoms with Crippen LogP contribution in [0.5, 0.6) is 0 Å². The largest absolute Gasteiger partial charge is 0.329 e. The van der Waals surface area contributed by atoms with Gasteiger partial charge in [0.25, 0.3) is 0 Å². The van der Waals surface area contributed by atoms with E-state index in [-0.39, 0.29) is 0 Å². The third-order valence-corrected chi connectivity index (χ3v) is 2.69. The molecule has 0 aromatic carbocycles. The molecule has 2 nitrogen and oxygen atoms in total. The molecule has 0 spiro atoms. The van der Waals surface area contributed by atoms with E-state index in [1.807, 2.05) is 0 Å². The smallest absolute Gasteiger partial charge is 0.0218 e. The average molecular weight is 174 g/mol. The van der Waals surface area contributed by atoms with E-state index < -0.39 is 0 Å². The standard InChI is InChI=1S/C8H18N2S/c9-7-8-3-1-4-10(8)5-2-6-11/h8,11H,1-7,9H2. The van der Waals surface area contributed by atoms with Crippen molar-refractivity contribution in [2.45, 2.75) is 25.3 Å². The van der Waals surface area contributed by atoms with Gasteiger partial charge in [0.1, 0.15) is 0 Å². The molecule has 1 aliphatic heterocycles. The lowest BCUT2D eigenvalue weighted by Gasteiger charge is -2.22. The van der Waals surface area contributed by atoms with Crippen LogP contribution in [0, 0.1) is 0 Å². The van der Waals surface area contributed by atoms with Crippen LogP contribution < -0.4 is 5.73 Å². The second-order valence-electron chi connectivity index (χ2n) is 3.14. The highest BCUT2D eigenvalue weighted by atomic mass is 32.1. The third-order valence-electron chi connectivity index (χ3n) is 2.37. The highest BCUT2D eigenvalue weighted by Crippen LogP contribution is 2.15. The number of hydrogen-bond acceptors (Lipinski definition) is 3. The molecule has 3 heteroatoms. The Kier molecular flexibility index (Phi) is 4.26. The van der Waals surface area contributed by atoms with Crippen molar-refractivity contribution in [2.24, 2.45) is 5.73 Å². The van der Waals surface area contributed by atoms with Crippen LogP contribution >= 0.6 is 12.6 Å². The van der Waals surface area contributed by atoms with Gasteiger partial charge < -0.3 is 5.73 Å². The number of hydrogen-bond donors (Lipinski definition) is 2. The van der Waals surface area contributed by atoms with Crippen LogP contribution in [-0.4, -0.2) is 36.3 Å². The Bertz CT molecular complexity index is 108. The molecule has 0 saturated carbocycles. The van der Waals surface area contributed by atoms with Gasteiger partial charge >= 0.3 is 0 Å². The van der Waals surface area contributed by atoms with E-state index in [1.54, 1.807) is 0 Å². The Morgan fingerprint density at radius 1 is 1.55 bits per heavy atom. The van der Waals surface area contributed by atoms with Gasteiger partial charge in [-0.05, 0) is 38.1 Å². The molecule has 0 aromatic heterocycles. The maximum absolute atomic E-state index is 5.64. The lowest BCUT2D eigenvalue weighted by atomic mass is 10.2. The topological polar surface area (TPSA) is 29.3 Å². The van der Waals surface area contributed by atoms with Gasteiger partial charge in [-0.25, -0.2) is 0 Å². The zero-order valence-corrected chi connectivity index (χ0v) is 7.89. The number of rotatable bonds is 4. The molecule has 2 N–H and O–H groups in total. The van der Waals surface area contributed by atoms with Crippen molar-refractivity contribution in [3.8, 4) is 0 Å². The molecular weight excluding hydrogens is 156 g/mol. The van der Waals surface area contributed by atoms with E-state index in [9.17, 15) is 0 Å². The highest BCUT2D eigenvalue weighted by Gasteiger charge is 2.21. The molecule has 0 radical (unpaired) electrons. The first-order valence-corrected chi connectivity index (χ1v) is 5.06. The van der Waals surface area contributed by atoms with Crippen molar-refractivity contribution in [3.63, 3.8) is 0 Å². The Balaban J connectivity index is 2.20. The fraction of sp³-hybridized carbons (Fsp3) is 1.00. The van der Waals surface area contributed by atoms with Crippen molar-refractivity contribution in [1.82, 2.24) is 4.90 Å². The molecule has 1 atom stereocenters. The zero-order chi connectivity index (χ0) is 8.10. The first-order valence-electron chi connectivity index (χ1n) is 4.43. The third kappa shape index (κ3) is 2.65. The summed E-state index contributed by atoms with van der Waals surface area (Å²) in [6, 6.07) is 0.662. The van der Waals surface area contributed by atoms with Crippen LogP contribution in [0.3, 0.4) is 0 Å². The quantitative estimate of drug-likeness (QED) is 0.615. The molecular formula is C8H18N2S. The molecule has 0 aromatic rings. The van der Waals surface area contributed by atoms with E-state index in [2.05, 4.69) is 17.5 Å². The summed E-state index contributed by atoms with van der Waals surface area (Å²) in [6.45, 7) is 3.26. The number of likely N-dealkylation sites (tertiary alicyclic amines) is 1. The van der Waals surface area contributed by atoms with Crippen molar-refractivity contribution < 1.29 is 0 Å². The van der Waals surface area contributed by atoms with E-state index in [0.717, 1.165) is 12.3 Å². The van der Waals surface area contributed by atoms with Gasteiger partial charge in [-0.3, -0.25) is 4.90 Å². The minimum Gasteiger partial charge on any atom is -0.329 e. The van der Waals surface area contributed by atoms with Gasteiger partial charge in [0.05, 0.1) is 0 Å². The predicted octanol–water partition coefficient (Wildman–Crippen LogP) is 0.729. The molecule has 1 saturated heterocycles. The first kappa shape index (κ1) is 9.36. The molecule has 0 amide bonds. The van der Waals surface area contributed by atoms with Crippen molar-refractivity contribution in [3.05, 3.63) is 0 Å². The Morgan fingerprint density at radius 3 is 3.00 bits per heavy atom. The summed E-state index contributed by atoms with van der Waals surface area (Å²) in [4.78, 5) is 2.50. The van der Waals surface area contributed by atoms with Gasteiger partial charge in [-0.15, -0.1) is 0 Å². The van der Waals surface area contributed by atoms with Gasteiger partial charge in [-0.2, -0.15) is 12.6 Å². The average Bonchev–Trinajstić information content (AvgIpc) is 2.47. The van der Waals surface area contributed by atoms with E-state index in [1.165, 1.54) is 32.4 Å². The summed E-state index contributed by atoms with van der Waals surface area (Å²) in [6.07, 6.45) is 3.82. The minimum absolute atomic E-state index is 0.662. The fourth-order valence-electron chi connectivity index (χ4n) is 1.73. The van der Waals surface area contributed by atoms with Crippen LogP contribution in [0.1, 0.15) is 19.3 Å². The van der Waals surface area contributed by atoms with Gasteiger partial charge in [0.2, 0.25) is 0 Å². The Morgan fingerprint density at radius 2 is 2.36 bits per heavy atom. The lowest BCUT2D eigenvalue weighted by Crippen LogP contribution is -2.36. The van der Waals surface area contributed by atoms with E-state index in [0.29, 0.717) is 6.04 Å². The lowest BCUT2D eigenvalue weighted by molar-refractivity contribution is 0.260. The first-order chi connectivity index (χ1) is 5.38. The molecule has 66 valence electrons. The predicted molar refractivity (Wildman–Crippen MR) is 52.1 cm³/mol.